The number of ketones is 1. The molecule has 2 N–H and O–H groups in total. The van der Waals surface area contributed by atoms with Crippen LogP contribution in [0.4, 0.5) is 0 Å². The number of carbonyl (C=O) groups excluding carboxylic acids is 2. The van der Waals surface area contributed by atoms with Gasteiger partial charge in [0.25, 0.3) is 0 Å². The van der Waals surface area contributed by atoms with Crippen LogP contribution < -0.4 is 0 Å². The van der Waals surface area contributed by atoms with Crippen molar-refractivity contribution in [2.75, 3.05) is 14.2 Å². The predicted octanol–water partition coefficient (Wildman–Crippen LogP) is 4.87. The number of hydrogen-bond donors (Lipinski definition) is 2. The maximum Gasteiger partial charge on any atom is 0.313 e. The molecule has 0 saturated heterocycles. The lowest BCUT2D eigenvalue weighted by Gasteiger charge is -2.61. The molecule has 0 aromatic carbocycles. The summed E-state index contributed by atoms with van der Waals surface area (Å²) in [5, 5.41) is 20.9. The number of methoxy groups -OCH3 is 2. The summed E-state index contributed by atoms with van der Waals surface area (Å²) >= 11 is 0. The molecule has 0 bridgehead atoms. The molecule has 1 unspecified atom stereocenters. The molecular formula is C29H42O7. The Hall–Kier alpha value is -2.67. The van der Waals surface area contributed by atoms with Crippen LogP contribution in [0.25, 0.3) is 0 Å². The smallest absolute Gasteiger partial charge is 0.313 e. The van der Waals surface area contributed by atoms with Crippen LogP contribution in [0.15, 0.2) is 48.3 Å². The number of hydrogen-bond acceptors (Lipinski definition) is 6. The largest absolute Gasteiger partial charge is 0.504 e. The van der Waals surface area contributed by atoms with E-state index in [0.29, 0.717) is 19.3 Å². The van der Waals surface area contributed by atoms with Gasteiger partial charge in [0.05, 0.1) is 37.9 Å². The van der Waals surface area contributed by atoms with Gasteiger partial charge in [-0.3, -0.25) is 14.4 Å². The minimum absolute atomic E-state index is 0.149. The van der Waals surface area contributed by atoms with E-state index in [0.717, 1.165) is 17.6 Å². The standard InChI is InChI=1S/C24H34O6.C5H8O/c1-13-7-8-15(25)18(13)23(4)11-9-16-22(3,21(28)29)12-10-17(26)24(16,5)19(23)14(2)20(27)30-6;1-3-4-5-6-2/h10,12,14-16,19,25H,7-9,11H2,1-6H3,(H,28,29);3-5H,1H2,2H3/b;5-4-/t14?,15-,16+,19+,22-,23+,24-;/m1./s1. The molecule has 1 fully saturated rings. The van der Waals surface area contributed by atoms with Crippen molar-refractivity contribution in [2.45, 2.75) is 66.4 Å². The number of aliphatic hydroxyl groups is 1. The summed E-state index contributed by atoms with van der Waals surface area (Å²) < 4.78 is 9.60. The summed E-state index contributed by atoms with van der Waals surface area (Å²) in [6.07, 6.45) is 9.79. The first-order chi connectivity index (χ1) is 16.8. The molecule has 3 rings (SSSR count). The Morgan fingerprint density at radius 3 is 2.31 bits per heavy atom. The van der Waals surface area contributed by atoms with Crippen LogP contribution in [0.2, 0.25) is 0 Å². The molecule has 1 saturated carbocycles. The van der Waals surface area contributed by atoms with Crippen molar-refractivity contribution < 1.29 is 34.1 Å². The second-order valence-electron chi connectivity index (χ2n) is 10.9. The van der Waals surface area contributed by atoms with Crippen LogP contribution in [0.1, 0.15) is 60.3 Å². The summed E-state index contributed by atoms with van der Waals surface area (Å²) in [4.78, 5) is 38.5. The SMILES string of the molecule is C=C/C=C\OC.COC(=O)C(C)[C@@H]1[C@@]2(C)C(=O)C=C[C@@](C)(C(=O)O)[C@@H]2CC[C@@]1(C)C1=C(C)CC[C@H]1O. The van der Waals surface area contributed by atoms with Crippen molar-refractivity contribution in [3.63, 3.8) is 0 Å². The first-order valence-electron chi connectivity index (χ1n) is 12.5. The lowest BCUT2D eigenvalue weighted by molar-refractivity contribution is -0.174. The number of carbonyl (C=O) groups is 3. The fraction of sp³-hybridized carbons (Fsp3) is 0.621. The van der Waals surface area contributed by atoms with E-state index in [1.165, 1.54) is 19.3 Å². The number of esters is 1. The van der Waals surface area contributed by atoms with Gasteiger partial charge >= 0.3 is 11.9 Å². The summed E-state index contributed by atoms with van der Waals surface area (Å²) in [6.45, 7) is 12.7. The third-order valence-electron chi connectivity index (χ3n) is 8.93. The Balaban J connectivity index is 0.000000678. The maximum atomic E-state index is 13.4. The van der Waals surface area contributed by atoms with Crippen molar-refractivity contribution in [2.24, 2.45) is 34.0 Å². The van der Waals surface area contributed by atoms with Crippen molar-refractivity contribution >= 4 is 17.7 Å². The molecular weight excluding hydrogens is 460 g/mol. The van der Waals surface area contributed by atoms with Crippen LogP contribution >= 0.6 is 0 Å². The van der Waals surface area contributed by atoms with Crippen molar-refractivity contribution in [1.29, 1.82) is 0 Å². The Morgan fingerprint density at radius 1 is 1.22 bits per heavy atom. The fourth-order valence-electron chi connectivity index (χ4n) is 7.40. The van der Waals surface area contributed by atoms with E-state index in [2.05, 4.69) is 11.3 Å². The molecule has 7 nitrogen and oxygen atoms in total. The topological polar surface area (TPSA) is 110 Å². The minimum Gasteiger partial charge on any atom is -0.504 e. The Bertz CT molecular complexity index is 976. The Kier molecular flexibility index (Phi) is 9.16. The molecule has 0 heterocycles. The van der Waals surface area contributed by atoms with Crippen molar-refractivity contribution in [3.8, 4) is 0 Å². The van der Waals surface area contributed by atoms with E-state index < -0.39 is 52.0 Å². The van der Waals surface area contributed by atoms with E-state index >= 15 is 0 Å². The molecule has 36 heavy (non-hydrogen) atoms. The average molecular weight is 503 g/mol. The van der Waals surface area contributed by atoms with Crippen molar-refractivity contribution in [3.05, 3.63) is 48.3 Å². The molecule has 200 valence electrons. The van der Waals surface area contributed by atoms with E-state index in [-0.39, 0.29) is 5.78 Å². The van der Waals surface area contributed by atoms with E-state index in [9.17, 15) is 24.6 Å². The quantitative estimate of drug-likeness (QED) is 0.231. The zero-order valence-electron chi connectivity index (χ0n) is 22.7. The van der Waals surface area contributed by atoms with E-state index in [4.69, 9.17) is 4.74 Å². The summed E-state index contributed by atoms with van der Waals surface area (Å²) in [5.74, 6) is -3.11. The van der Waals surface area contributed by atoms with Crippen LogP contribution in [-0.4, -0.2) is 48.3 Å². The first kappa shape index (κ1) is 29.6. The lowest BCUT2D eigenvalue weighted by Crippen LogP contribution is -2.62. The summed E-state index contributed by atoms with van der Waals surface area (Å²) in [6, 6.07) is 0. The van der Waals surface area contributed by atoms with Gasteiger partial charge in [-0.25, -0.2) is 0 Å². The number of ether oxygens (including phenoxy) is 2. The number of carboxylic acids is 1. The summed E-state index contributed by atoms with van der Waals surface area (Å²) in [7, 11) is 2.93. The number of rotatable bonds is 6. The number of allylic oxidation sites excluding steroid dienone is 4. The molecule has 3 aliphatic rings. The van der Waals surface area contributed by atoms with E-state index in [1.54, 1.807) is 39.4 Å². The van der Waals surface area contributed by atoms with Gasteiger partial charge in [0, 0.05) is 5.41 Å². The number of fused-ring (bicyclic) bond motifs is 1. The highest BCUT2D eigenvalue weighted by atomic mass is 16.5. The normalized spacial score (nSPS) is 36.6. The fourth-order valence-corrected chi connectivity index (χ4v) is 7.40. The highest BCUT2D eigenvalue weighted by Crippen LogP contribution is 2.66. The van der Waals surface area contributed by atoms with Crippen LogP contribution in [0.3, 0.4) is 0 Å². The van der Waals surface area contributed by atoms with E-state index in [1.807, 2.05) is 20.8 Å². The minimum atomic E-state index is -1.20. The van der Waals surface area contributed by atoms with Crippen LogP contribution in [-0.2, 0) is 23.9 Å². The van der Waals surface area contributed by atoms with Gasteiger partial charge in [-0.2, -0.15) is 0 Å². The Morgan fingerprint density at radius 2 is 1.86 bits per heavy atom. The lowest BCUT2D eigenvalue weighted by atomic mass is 9.41. The van der Waals surface area contributed by atoms with Gasteiger partial charge in [-0.05, 0) is 74.5 Å². The molecule has 0 amide bonds. The third kappa shape index (κ3) is 4.82. The number of aliphatic carboxylic acids is 1. The zero-order chi connectivity index (χ0) is 27.5. The molecule has 0 aromatic heterocycles. The average Bonchev–Trinajstić information content (AvgIpc) is 3.18. The molecule has 7 atom stereocenters. The van der Waals surface area contributed by atoms with Gasteiger partial charge in [0.2, 0.25) is 0 Å². The third-order valence-corrected chi connectivity index (χ3v) is 8.93. The zero-order valence-corrected chi connectivity index (χ0v) is 22.7. The van der Waals surface area contributed by atoms with Gasteiger partial charge in [-0.1, -0.05) is 45.1 Å². The number of carboxylic acid groups (broad SMARTS) is 1. The second-order valence-corrected chi connectivity index (χ2v) is 10.9. The first-order valence-corrected chi connectivity index (χ1v) is 12.5. The summed E-state index contributed by atoms with van der Waals surface area (Å²) in [5.41, 5.74) is -0.858. The monoisotopic (exact) mass is 502 g/mol. The predicted molar refractivity (Wildman–Crippen MR) is 138 cm³/mol. The second kappa shape index (κ2) is 11.2. The van der Waals surface area contributed by atoms with Gasteiger partial charge in [0.1, 0.15) is 0 Å². The Labute approximate surface area is 214 Å². The molecule has 0 aromatic rings. The van der Waals surface area contributed by atoms with Gasteiger partial charge in [0.15, 0.2) is 5.78 Å². The van der Waals surface area contributed by atoms with Crippen molar-refractivity contribution in [1.82, 2.24) is 0 Å². The van der Waals surface area contributed by atoms with Crippen LogP contribution in [0.5, 0.6) is 0 Å². The van der Waals surface area contributed by atoms with Gasteiger partial charge < -0.3 is 19.7 Å². The highest BCUT2D eigenvalue weighted by Gasteiger charge is 2.66. The number of aliphatic hydroxyl groups excluding tert-OH is 1. The highest BCUT2D eigenvalue weighted by molar-refractivity contribution is 5.99. The molecule has 0 radical (unpaired) electrons. The molecule has 3 aliphatic carbocycles. The maximum absolute atomic E-state index is 13.4. The molecule has 0 aliphatic heterocycles. The van der Waals surface area contributed by atoms with Crippen LogP contribution in [0, 0.1) is 34.0 Å². The molecule has 0 spiro atoms. The van der Waals surface area contributed by atoms with Gasteiger partial charge in [-0.15, -0.1) is 0 Å². The molecule has 7 heteroatoms.